The summed E-state index contributed by atoms with van der Waals surface area (Å²) in [4.78, 5) is 0. The van der Waals surface area contributed by atoms with Gasteiger partial charge in [-0.25, -0.2) is 0 Å². The van der Waals surface area contributed by atoms with Crippen molar-refractivity contribution < 1.29 is 4.57 Å². The number of benzene rings is 2. The molecule has 1 saturated heterocycles. The van der Waals surface area contributed by atoms with Gasteiger partial charge < -0.3 is 4.57 Å². The number of hydrogen-bond acceptors (Lipinski definition) is 2. The van der Waals surface area contributed by atoms with Gasteiger partial charge in [0.05, 0.1) is 7.80 Å². The molecule has 0 bridgehead atoms. The van der Waals surface area contributed by atoms with Crippen molar-refractivity contribution in [3.63, 3.8) is 0 Å². The summed E-state index contributed by atoms with van der Waals surface area (Å²) in [5.74, 6) is 0. The Morgan fingerprint density at radius 3 is 2.00 bits per heavy atom. The van der Waals surface area contributed by atoms with E-state index in [0.29, 0.717) is 5.66 Å². The predicted octanol–water partition coefficient (Wildman–Crippen LogP) is 4.23. The Bertz CT molecular complexity index is 641. The van der Waals surface area contributed by atoms with Crippen molar-refractivity contribution in [3.8, 4) is 0 Å². The van der Waals surface area contributed by atoms with Crippen molar-refractivity contribution in [2.75, 3.05) is 12.3 Å². The van der Waals surface area contributed by atoms with Crippen LogP contribution in [-0.2, 0) is 16.4 Å². The van der Waals surface area contributed by atoms with Crippen LogP contribution in [-0.4, -0.2) is 18.0 Å². The SMILES string of the molecule is O=[PH]1CCC[C@H]1CCP(=S)(c1ccccc1)c1ccccc1. The van der Waals surface area contributed by atoms with Crippen LogP contribution < -0.4 is 10.6 Å². The topological polar surface area (TPSA) is 17.1 Å². The van der Waals surface area contributed by atoms with Crippen LogP contribution >= 0.6 is 13.8 Å². The minimum absolute atomic E-state index is 0.430. The van der Waals surface area contributed by atoms with Gasteiger partial charge in [-0.1, -0.05) is 72.5 Å². The van der Waals surface area contributed by atoms with Gasteiger partial charge in [0.15, 0.2) is 0 Å². The fraction of sp³-hybridized carbons (Fsp3) is 0.333. The smallest absolute Gasteiger partial charge is 0.0791 e. The summed E-state index contributed by atoms with van der Waals surface area (Å²) >= 11 is 6.23. The zero-order valence-electron chi connectivity index (χ0n) is 12.7. The quantitative estimate of drug-likeness (QED) is 0.752. The molecule has 2 aromatic rings. The van der Waals surface area contributed by atoms with E-state index in [1.54, 1.807) is 0 Å². The van der Waals surface area contributed by atoms with E-state index in [0.717, 1.165) is 31.6 Å². The van der Waals surface area contributed by atoms with E-state index in [2.05, 4.69) is 48.5 Å². The van der Waals surface area contributed by atoms with Crippen molar-refractivity contribution in [2.24, 2.45) is 0 Å². The van der Waals surface area contributed by atoms with E-state index in [9.17, 15) is 4.57 Å². The predicted molar refractivity (Wildman–Crippen MR) is 103 cm³/mol. The van der Waals surface area contributed by atoms with Crippen LogP contribution in [0.4, 0.5) is 0 Å². The zero-order chi connectivity index (χ0) is 15.4. The number of rotatable bonds is 5. The summed E-state index contributed by atoms with van der Waals surface area (Å²) in [6, 6.07) is 19.3. The summed E-state index contributed by atoms with van der Waals surface area (Å²) < 4.78 is 12.1. The maximum absolute atomic E-state index is 12.1. The lowest BCUT2D eigenvalue weighted by molar-refractivity contribution is 0.582. The summed E-state index contributed by atoms with van der Waals surface area (Å²) in [7, 11) is -1.36. The van der Waals surface area contributed by atoms with Crippen LogP contribution in [0, 0.1) is 0 Å². The first-order chi connectivity index (χ1) is 10.7. The molecular formula is C18H22OP2S. The molecule has 2 atom stereocenters. The Morgan fingerprint density at radius 2 is 1.55 bits per heavy atom. The van der Waals surface area contributed by atoms with Crippen molar-refractivity contribution in [2.45, 2.75) is 24.9 Å². The molecule has 1 unspecified atom stereocenters. The summed E-state index contributed by atoms with van der Waals surface area (Å²) in [5, 5.41) is 2.57. The van der Waals surface area contributed by atoms with Crippen LogP contribution in [0.15, 0.2) is 60.7 Å². The van der Waals surface area contributed by atoms with Gasteiger partial charge in [-0.05, 0) is 42.2 Å². The van der Waals surface area contributed by atoms with Gasteiger partial charge in [0.1, 0.15) is 0 Å². The van der Waals surface area contributed by atoms with Crippen molar-refractivity contribution in [1.82, 2.24) is 0 Å². The molecule has 0 aliphatic carbocycles. The minimum Gasteiger partial charge on any atom is -0.327 e. The highest BCUT2D eigenvalue weighted by Crippen LogP contribution is 2.48. The molecule has 116 valence electrons. The second-order valence-electron chi connectivity index (χ2n) is 5.98. The fourth-order valence-corrected chi connectivity index (χ4v) is 9.32. The Labute approximate surface area is 138 Å². The fourth-order valence-electron chi connectivity index (χ4n) is 3.28. The van der Waals surface area contributed by atoms with E-state index < -0.39 is 13.8 Å². The molecule has 1 heterocycles. The summed E-state index contributed by atoms with van der Waals surface area (Å²) in [5.41, 5.74) is 0.430. The zero-order valence-corrected chi connectivity index (χ0v) is 15.4. The molecule has 22 heavy (non-hydrogen) atoms. The largest absolute Gasteiger partial charge is 0.327 e. The maximum atomic E-state index is 12.1. The Balaban J connectivity index is 1.90. The third kappa shape index (κ3) is 3.46. The minimum atomic E-state index is -1.79. The molecule has 0 N–H and O–H groups in total. The summed E-state index contributed by atoms with van der Waals surface area (Å²) in [6.45, 7) is 0. The molecule has 1 aliphatic rings. The molecule has 0 radical (unpaired) electrons. The molecule has 4 heteroatoms. The van der Waals surface area contributed by atoms with E-state index in [1.165, 1.54) is 10.6 Å². The van der Waals surface area contributed by atoms with Crippen molar-refractivity contribution in [1.29, 1.82) is 0 Å². The van der Waals surface area contributed by atoms with Crippen LogP contribution in [0.2, 0.25) is 0 Å². The first kappa shape index (κ1) is 16.2. The molecule has 0 amide bonds. The van der Waals surface area contributed by atoms with Crippen molar-refractivity contribution in [3.05, 3.63) is 60.7 Å². The van der Waals surface area contributed by atoms with Gasteiger partial charge in [0.25, 0.3) is 0 Å². The van der Waals surface area contributed by atoms with Crippen LogP contribution in [0.3, 0.4) is 0 Å². The molecule has 2 aromatic carbocycles. The third-order valence-electron chi connectivity index (χ3n) is 4.57. The van der Waals surface area contributed by atoms with Crippen LogP contribution in [0.1, 0.15) is 19.3 Å². The highest BCUT2D eigenvalue weighted by Gasteiger charge is 2.27. The third-order valence-corrected chi connectivity index (χ3v) is 11.9. The molecule has 0 spiro atoms. The van der Waals surface area contributed by atoms with Gasteiger partial charge in [-0.3, -0.25) is 0 Å². The Morgan fingerprint density at radius 1 is 1.00 bits per heavy atom. The molecule has 1 fully saturated rings. The Hall–Kier alpha value is -0.680. The second-order valence-corrected chi connectivity index (χ2v) is 13.1. The highest BCUT2D eigenvalue weighted by molar-refractivity contribution is 8.21. The van der Waals surface area contributed by atoms with Gasteiger partial charge in [0.2, 0.25) is 0 Å². The van der Waals surface area contributed by atoms with Gasteiger partial charge in [-0.15, -0.1) is 0 Å². The van der Waals surface area contributed by atoms with Crippen LogP contribution in [0.5, 0.6) is 0 Å². The van der Waals surface area contributed by atoms with E-state index >= 15 is 0 Å². The lowest BCUT2D eigenvalue weighted by Gasteiger charge is -2.24. The molecule has 1 aliphatic heterocycles. The standard InChI is InChI=1S/C18H22OP2S/c19-20-14-7-8-16(20)13-15-21(22,17-9-3-1-4-10-17)18-11-5-2-6-12-18/h1-6,9-12,16,20H,7-8,13-15H2/t16-/m0/s1. The maximum Gasteiger partial charge on any atom is 0.0791 e. The van der Waals surface area contributed by atoms with E-state index in [-0.39, 0.29) is 0 Å². The van der Waals surface area contributed by atoms with Crippen LogP contribution in [0.25, 0.3) is 0 Å². The average molecular weight is 348 g/mol. The summed E-state index contributed by atoms with van der Waals surface area (Å²) in [6.07, 6.45) is 5.25. The first-order valence-corrected chi connectivity index (χ1v) is 12.6. The molecular weight excluding hydrogens is 326 g/mol. The monoisotopic (exact) mass is 348 g/mol. The van der Waals surface area contributed by atoms with Crippen molar-refractivity contribution >= 4 is 36.3 Å². The average Bonchev–Trinajstić information content (AvgIpc) is 2.99. The lowest BCUT2D eigenvalue weighted by atomic mass is 10.2. The molecule has 3 rings (SSSR count). The molecule has 0 aromatic heterocycles. The number of hydrogen-bond donors (Lipinski definition) is 0. The van der Waals surface area contributed by atoms with E-state index in [1.807, 2.05) is 12.1 Å². The van der Waals surface area contributed by atoms with E-state index in [4.69, 9.17) is 11.8 Å². The lowest BCUT2D eigenvalue weighted by Crippen LogP contribution is -2.19. The normalized spacial score (nSPS) is 21.8. The Kier molecular flexibility index (Phi) is 5.34. The highest BCUT2D eigenvalue weighted by atomic mass is 32.4. The van der Waals surface area contributed by atoms with Gasteiger partial charge in [-0.2, -0.15) is 0 Å². The van der Waals surface area contributed by atoms with Gasteiger partial charge in [0, 0.05) is 11.7 Å². The molecule has 0 saturated carbocycles. The second kappa shape index (κ2) is 7.26. The first-order valence-electron chi connectivity index (χ1n) is 7.93. The van der Waals surface area contributed by atoms with Gasteiger partial charge >= 0.3 is 0 Å². The molecule has 1 nitrogen and oxygen atoms in total.